The molecule has 0 amide bonds. The van der Waals surface area contributed by atoms with Gasteiger partial charge in [-0.15, -0.1) is 0 Å². The summed E-state index contributed by atoms with van der Waals surface area (Å²) in [4.78, 5) is 48.2. The molecule has 0 rings (SSSR count). The van der Waals surface area contributed by atoms with Crippen LogP contribution < -0.4 is 0 Å². The molecule has 0 aromatic carbocycles. The molecular weight excluding hydrogens is 808 g/mol. The van der Waals surface area contributed by atoms with Gasteiger partial charge in [0.25, 0.3) is 0 Å². The van der Waals surface area contributed by atoms with Gasteiger partial charge in [-0.25, -0.2) is 4.57 Å². The molecule has 0 aliphatic carbocycles. The molecule has 2 N–H and O–H groups in total. The van der Waals surface area contributed by atoms with Crippen molar-refractivity contribution in [3.05, 3.63) is 0 Å². The Hall–Kier alpha value is -1.52. The number of phosphoric ester groups is 1. The van der Waals surface area contributed by atoms with Gasteiger partial charge in [-0.2, -0.15) is 0 Å². The van der Waals surface area contributed by atoms with Crippen LogP contribution in [-0.4, -0.2) is 66.5 Å². The van der Waals surface area contributed by atoms with E-state index < -0.39 is 57.8 Å². The van der Waals surface area contributed by atoms with Crippen LogP contribution in [0.3, 0.4) is 0 Å². The van der Waals surface area contributed by atoms with E-state index in [1.807, 2.05) is 0 Å². The van der Waals surface area contributed by atoms with Gasteiger partial charge in [0.05, 0.1) is 19.8 Å². The Morgan fingerprint density at radius 3 is 0.952 bits per heavy atom. The number of phosphoric acid groups is 1. The molecule has 12 heteroatoms. The van der Waals surface area contributed by atoms with Crippen molar-refractivity contribution in [1.82, 2.24) is 0 Å². The summed E-state index contributed by atoms with van der Waals surface area (Å²) < 4.78 is 39.3. The predicted molar refractivity (Wildman–Crippen MR) is 252 cm³/mol. The zero-order chi connectivity index (χ0) is 45.6. The van der Waals surface area contributed by atoms with Gasteiger partial charge in [0.15, 0.2) is 6.10 Å². The first-order chi connectivity index (χ1) is 30.2. The Morgan fingerprint density at radius 1 is 0.387 bits per heavy atom. The summed E-state index contributed by atoms with van der Waals surface area (Å²) in [5.74, 6) is -1.44. The van der Waals surface area contributed by atoms with Crippen molar-refractivity contribution in [3.63, 3.8) is 0 Å². The van der Waals surface area contributed by atoms with Gasteiger partial charge in [-0.05, 0) is 19.3 Å². The minimum absolute atomic E-state index is 0.178. The van der Waals surface area contributed by atoms with Gasteiger partial charge in [0.1, 0.15) is 12.7 Å². The fourth-order valence-corrected chi connectivity index (χ4v) is 8.32. The van der Waals surface area contributed by atoms with Crippen LogP contribution in [0.4, 0.5) is 0 Å². The van der Waals surface area contributed by atoms with E-state index in [1.54, 1.807) is 0 Å². The normalized spacial score (nSPS) is 13.4. The Kier molecular flexibility index (Phi) is 44.9. The summed E-state index contributed by atoms with van der Waals surface area (Å²) in [7, 11) is -4.72. The zero-order valence-electron chi connectivity index (χ0n) is 40.4. The number of aliphatic hydroxyl groups is 1. The lowest BCUT2D eigenvalue weighted by molar-refractivity contribution is -0.161. The molecule has 0 heterocycles. The van der Waals surface area contributed by atoms with Crippen LogP contribution in [0.15, 0.2) is 0 Å². The van der Waals surface area contributed by atoms with Crippen LogP contribution in [-0.2, 0) is 42.2 Å². The molecule has 368 valence electrons. The maximum Gasteiger partial charge on any atom is 0.472 e. The van der Waals surface area contributed by atoms with E-state index in [0.717, 1.165) is 57.8 Å². The number of unbranched alkanes of at least 4 members (excludes halogenated alkanes) is 32. The lowest BCUT2D eigenvalue weighted by atomic mass is 10.0. The van der Waals surface area contributed by atoms with Crippen LogP contribution in [0.1, 0.15) is 265 Å². The monoisotopic (exact) mass is 905 g/mol. The predicted octanol–water partition coefficient (Wildman–Crippen LogP) is 14.4. The van der Waals surface area contributed by atoms with Crippen molar-refractivity contribution >= 4 is 25.7 Å². The van der Waals surface area contributed by atoms with Gasteiger partial charge < -0.3 is 24.2 Å². The van der Waals surface area contributed by atoms with Crippen LogP contribution in [0.5, 0.6) is 0 Å². The van der Waals surface area contributed by atoms with E-state index in [9.17, 15) is 28.9 Å². The van der Waals surface area contributed by atoms with Crippen LogP contribution >= 0.6 is 7.82 Å². The Morgan fingerprint density at radius 2 is 0.645 bits per heavy atom. The van der Waals surface area contributed by atoms with E-state index in [0.29, 0.717) is 19.3 Å². The maximum absolute atomic E-state index is 12.8. The molecule has 0 bridgehead atoms. The molecule has 62 heavy (non-hydrogen) atoms. The van der Waals surface area contributed by atoms with Crippen molar-refractivity contribution in [1.29, 1.82) is 0 Å². The van der Waals surface area contributed by atoms with Gasteiger partial charge in [0, 0.05) is 19.3 Å². The molecule has 0 radical (unpaired) electrons. The fraction of sp³-hybridized carbons (Fsp3) is 0.940. The van der Waals surface area contributed by atoms with E-state index in [4.69, 9.17) is 23.3 Å². The summed E-state index contributed by atoms with van der Waals surface area (Å²) >= 11 is 0. The van der Waals surface area contributed by atoms with Crippen molar-refractivity contribution in [3.8, 4) is 0 Å². The number of aliphatic hydroxyl groups excluding tert-OH is 1. The van der Waals surface area contributed by atoms with Crippen molar-refractivity contribution < 1.29 is 52.2 Å². The molecule has 3 atom stereocenters. The molecular formula is C50H97O11P. The second kappa shape index (κ2) is 46.0. The number of carbonyl (C=O) groups is 3. The molecule has 0 fully saturated rings. The summed E-state index contributed by atoms with van der Waals surface area (Å²) in [5.41, 5.74) is 0. The Balaban J connectivity index is 4.69. The van der Waals surface area contributed by atoms with Gasteiger partial charge >= 0.3 is 25.7 Å². The smallest absolute Gasteiger partial charge is 0.462 e. The Bertz CT molecular complexity index is 1060. The van der Waals surface area contributed by atoms with E-state index in [2.05, 4.69) is 20.8 Å². The van der Waals surface area contributed by atoms with Crippen molar-refractivity contribution in [2.75, 3.05) is 26.4 Å². The van der Waals surface area contributed by atoms with Crippen LogP contribution in [0.25, 0.3) is 0 Å². The van der Waals surface area contributed by atoms with Crippen LogP contribution in [0, 0.1) is 0 Å². The minimum atomic E-state index is -4.72. The summed E-state index contributed by atoms with van der Waals surface area (Å²) in [6, 6.07) is 0. The molecule has 0 aliphatic heterocycles. The SMILES string of the molecule is CCCCCCCCCCCCCCCC(=O)OC(COC(=O)CCCCCCCCCCCCC)COP(=O)(O)OCC(CO)OC(=O)CCCCCCCCCCCCC. The highest BCUT2D eigenvalue weighted by Crippen LogP contribution is 2.43. The molecule has 0 aromatic rings. The summed E-state index contributed by atoms with van der Waals surface area (Å²) in [6.45, 7) is 4.66. The van der Waals surface area contributed by atoms with E-state index >= 15 is 0 Å². The quantitative estimate of drug-likeness (QED) is 0.0259. The number of hydrogen-bond donors (Lipinski definition) is 2. The van der Waals surface area contributed by atoms with Crippen molar-refractivity contribution in [2.24, 2.45) is 0 Å². The molecule has 0 saturated heterocycles. The fourth-order valence-electron chi connectivity index (χ4n) is 7.53. The van der Waals surface area contributed by atoms with E-state index in [-0.39, 0.29) is 25.9 Å². The zero-order valence-corrected chi connectivity index (χ0v) is 41.3. The first kappa shape index (κ1) is 60.5. The van der Waals surface area contributed by atoms with Gasteiger partial charge in [0.2, 0.25) is 0 Å². The second-order valence-electron chi connectivity index (χ2n) is 17.7. The lowest BCUT2D eigenvalue weighted by Gasteiger charge is -2.21. The van der Waals surface area contributed by atoms with Crippen LogP contribution in [0.2, 0.25) is 0 Å². The molecule has 3 unspecified atom stereocenters. The second-order valence-corrected chi connectivity index (χ2v) is 19.2. The van der Waals surface area contributed by atoms with E-state index in [1.165, 1.54) is 148 Å². The standard InChI is InChI=1S/C50H97O11P/c1-4-7-10-13-16-19-22-23-26-29-32-35-38-41-50(54)61-47(43-57-48(52)39-36-33-30-27-24-20-17-14-11-8-5-2)45-59-62(55,56)58-44-46(42-51)60-49(53)40-37-34-31-28-25-21-18-15-12-9-6-3/h46-47,51H,4-45H2,1-3H3,(H,55,56). The number of rotatable bonds is 49. The molecule has 0 aromatic heterocycles. The lowest BCUT2D eigenvalue weighted by Crippen LogP contribution is -2.30. The largest absolute Gasteiger partial charge is 0.472 e. The topological polar surface area (TPSA) is 155 Å². The first-order valence-corrected chi connectivity index (χ1v) is 27.4. The summed E-state index contributed by atoms with van der Waals surface area (Å²) in [5, 5.41) is 9.75. The molecule has 11 nitrogen and oxygen atoms in total. The highest BCUT2D eigenvalue weighted by atomic mass is 31.2. The third kappa shape index (κ3) is 43.7. The number of ether oxygens (including phenoxy) is 3. The summed E-state index contributed by atoms with van der Waals surface area (Å²) in [6.07, 6.45) is 39.3. The third-order valence-electron chi connectivity index (χ3n) is 11.5. The van der Waals surface area contributed by atoms with Crippen molar-refractivity contribution in [2.45, 2.75) is 277 Å². The number of carbonyl (C=O) groups excluding carboxylic acids is 3. The first-order valence-electron chi connectivity index (χ1n) is 25.9. The van der Waals surface area contributed by atoms with Gasteiger partial charge in [-0.3, -0.25) is 23.4 Å². The average molecular weight is 905 g/mol. The number of hydrogen-bond acceptors (Lipinski definition) is 10. The average Bonchev–Trinajstić information content (AvgIpc) is 3.25. The highest BCUT2D eigenvalue weighted by molar-refractivity contribution is 7.47. The maximum atomic E-state index is 12.8. The molecule has 0 spiro atoms. The Labute approximate surface area is 380 Å². The number of esters is 3. The highest BCUT2D eigenvalue weighted by Gasteiger charge is 2.28. The minimum Gasteiger partial charge on any atom is -0.462 e. The van der Waals surface area contributed by atoms with Gasteiger partial charge in [-0.1, -0.05) is 226 Å². The molecule has 0 saturated carbocycles. The third-order valence-corrected chi connectivity index (χ3v) is 12.5. The molecule has 0 aliphatic rings.